The molecule has 0 amide bonds. The largest absolute Gasteiger partial charge is 0.478 e. The minimum atomic E-state index is -0.954. The predicted octanol–water partition coefficient (Wildman–Crippen LogP) is 2.75. The lowest BCUT2D eigenvalue weighted by atomic mass is 10.1. The highest BCUT2D eigenvalue weighted by Gasteiger charge is 2.12. The fourth-order valence-electron chi connectivity index (χ4n) is 1.75. The van der Waals surface area contributed by atoms with Crippen molar-refractivity contribution < 1.29 is 9.90 Å². The molecule has 1 aromatic carbocycles. The standard InChI is InChI=1S/C13H14N2O2/c1-8(2)15-12-10-6-4-3-5-9(10)11(7-14-12)13(16)17/h3-8H,1-2H3,(H,14,15)(H,16,17). The number of hydrogen-bond acceptors (Lipinski definition) is 3. The monoisotopic (exact) mass is 230 g/mol. The molecule has 1 heterocycles. The summed E-state index contributed by atoms with van der Waals surface area (Å²) in [7, 11) is 0. The summed E-state index contributed by atoms with van der Waals surface area (Å²) in [6.07, 6.45) is 1.40. The first-order valence-corrected chi connectivity index (χ1v) is 5.47. The van der Waals surface area contributed by atoms with E-state index < -0.39 is 5.97 Å². The Morgan fingerprint density at radius 1 is 1.29 bits per heavy atom. The van der Waals surface area contributed by atoms with Gasteiger partial charge in [0.15, 0.2) is 0 Å². The fourth-order valence-corrected chi connectivity index (χ4v) is 1.75. The topological polar surface area (TPSA) is 62.2 Å². The van der Waals surface area contributed by atoms with E-state index in [4.69, 9.17) is 5.11 Å². The summed E-state index contributed by atoms with van der Waals surface area (Å²) in [6, 6.07) is 7.63. The average molecular weight is 230 g/mol. The first-order valence-electron chi connectivity index (χ1n) is 5.47. The predicted molar refractivity (Wildman–Crippen MR) is 67.5 cm³/mol. The summed E-state index contributed by atoms with van der Waals surface area (Å²) >= 11 is 0. The van der Waals surface area contributed by atoms with Gasteiger partial charge in [0.2, 0.25) is 0 Å². The van der Waals surface area contributed by atoms with Crippen molar-refractivity contribution in [2.45, 2.75) is 19.9 Å². The zero-order chi connectivity index (χ0) is 12.4. The van der Waals surface area contributed by atoms with Crippen LogP contribution in [-0.4, -0.2) is 22.1 Å². The van der Waals surface area contributed by atoms with E-state index in [0.717, 1.165) is 11.2 Å². The minimum absolute atomic E-state index is 0.231. The summed E-state index contributed by atoms with van der Waals surface area (Å²) in [6.45, 7) is 4.03. The fraction of sp³-hybridized carbons (Fsp3) is 0.231. The Kier molecular flexibility index (Phi) is 2.95. The number of pyridine rings is 1. The number of nitrogens with zero attached hydrogens (tertiary/aromatic N) is 1. The maximum atomic E-state index is 11.1. The van der Waals surface area contributed by atoms with Gasteiger partial charge in [-0.3, -0.25) is 0 Å². The van der Waals surface area contributed by atoms with E-state index in [9.17, 15) is 4.79 Å². The van der Waals surface area contributed by atoms with Crippen LogP contribution in [0.5, 0.6) is 0 Å². The van der Waals surface area contributed by atoms with Crippen molar-refractivity contribution in [1.29, 1.82) is 0 Å². The van der Waals surface area contributed by atoms with Gasteiger partial charge in [0.05, 0.1) is 5.56 Å². The van der Waals surface area contributed by atoms with Crippen LogP contribution in [0.4, 0.5) is 5.82 Å². The molecule has 17 heavy (non-hydrogen) atoms. The maximum absolute atomic E-state index is 11.1. The van der Waals surface area contributed by atoms with Crippen LogP contribution in [0.25, 0.3) is 10.8 Å². The molecular weight excluding hydrogens is 216 g/mol. The van der Waals surface area contributed by atoms with E-state index in [1.807, 2.05) is 32.0 Å². The van der Waals surface area contributed by atoms with Gasteiger partial charge in [0, 0.05) is 23.0 Å². The van der Waals surface area contributed by atoms with Crippen LogP contribution >= 0.6 is 0 Å². The van der Waals surface area contributed by atoms with Crippen molar-refractivity contribution in [3.63, 3.8) is 0 Å². The van der Waals surface area contributed by atoms with Gasteiger partial charge >= 0.3 is 5.97 Å². The second kappa shape index (κ2) is 4.41. The first-order chi connectivity index (χ1) is 8.09. The van der Waals surface area contributed by atoms with Crippen LogP contribution in [-0.2, 0) is 0 Å². The van der Waals surface area contributed by atoms with Crippen molar-refractivity contribution >= 4 is 22.6 Å². The molecule has 0 aliphatic heterocycles. The number of aromatic carboxylic acids is 1. The lowest BCUT2D eigenvalue weighted by Crippen LogP contribution is -2.12. The zero-order valence-corrected chi connectivity index (χ0v) is 9.77. The van der Waals surface area contributed by atoms with Crippen molar-refractivity contribution in [2.24, 2.45) is 0 Å². The average Bonchev–Trinajstić information content (AvgIpc) is 2.28. The highest BCUT2D eigenvalue weighted by Crippen LogP contribution is 2.24. The van der Waals surface area contributed by atoms with E-state index in [-0.39, 0.29) is 11.6 Å². The second-order valence-electron chi connectivity index (χ2n) is 4.17. The maximum Gasteiger partial charge on any atom is 0.337 e. The van der Waals surface area contributed by atoms with Gasteiger partial charge in [-0.2, -0.15) is 0 Å². The highest BCUT2D eigenvalue weighted by molar-refractivity contribution is 6.06. The molecule has 0 spiro atoms. The Balaban J connectivity index is 2.66. The van der Waals surface area contributed by atoms with E-state index in [0.29, 0.717) is 5.39 Å². The number of aromatic nitrogens is 1. The lowest BCUT2D eigenvalue weighted by Gasteiger charge is -2.12. The molecule has 0 saturated heterocycles. The quantitative estimate of drug-likeness (QED) is 0.851. The smallest absolute Gasteiger partial charge is 0.337 e. The lowest BCUT2D eigenvalue weighted by molar-refractivity contribution is 0.0698. The normalized spacial score (nSPS) is 10.8. The number of benzene rings is 1. The molecule has 0 atom stereocenters. The number of rotatable bonds is 3. The van der Waals surface area contributed by atoms with Crippen LogP contribution in [0, 0.1) is 0 Å². The van der Waals surface area contributed by atoms with Crippen LogP contribution in [0.15, 0.2) is 30.5 Å². The summed E-state index contributed by atoms with van der Waals surface area (Å²) in [5.74, 6) is -0.231. The Bertz CT molecular complexity index is 564. The van der Waals surface area contributed by atoms with Crippen molar-refractivity contribution in [3.05, 3.63) is 36.0 Å². The molecule has 1 aromatic heterocycles. The molecule has 0 aliphatic carbocycles. The Hall–Kier alpha value is -2.10. The number of nitrogens with one attached hydrogen (secondary N) is 1. The molecule has 0 unspecified atom stereocenters. The zero-order valence-electron chi connectivity index (χ0n) is 9.77. The molecule has 0 saturated carbocycles. The van der Waals surface area contributed by atoms with Crippen LogP contribution in [0.2, 0.25) is 0 Å². The van der Waals surface area contributed by atoms with E-state index in [2.05, 4.69) is 10.3 Å². The third-order valence-corrected chi connectivity index (χ3v) is 2.45. The molecule has 4 heteroatoms. The van der Waals surface area contributed by atoms with Gasteiger partial charge < -0.3 is 10.4 Å². The van der Waals surface area contributed by atoms with Crippen LogP contribution < -0.4 is 5.32 Å². The molecule has 2 rings (SSSR count). The molecule has 88 valence electrons. The van der Waals surface area contributed by atoms with Crippen LogP contribution in [0.3, 0.4) is 0 Å². The molecular formula is C13H14N2O2. The molecule has 0 bridgehead atoms. The first kappa shape index (κ1) is 11.4. The molecule has 0 aliphatic rings. The van der Waals surface area contributed by atoms with Gasteiger partial charge in [-0.25, -0.2) is 9.78 Å². The number of fused-ring (bicyclic) bond motifs is 1. The summed E-state index contributed by atoms with van der Waals surface area (Å²) in [5, 5.41) is 13.8. The molecule has 4 nitrogen and oxygen atoms in total. The third-order valence-electron chi connectivity index (χ3n) is 2.45. The van der Waals surface area contributed by atoms with Gasteiger partial charge in [-0.15, -0.1) is 0 Å². The number of carboxylic acid groups (broad SMARTS) is 1. The van der Waals surface area contributed by atoms with Gasteiger partial charge in [0.1, 0.15) is 5.82 Å². The Morgan fingerprint density at radius 3 is 2.53 bits per heavy atom. The van der Waals surface area contributed by atoms with Crippen molar-refractivity contribution in [2.75, 3.05) is 5.32 Å². The molecule has 2 N–H and O–H groups in total. The van der Waals surface area contributed by atoms with Gasteiger partial charge in [-0.05, 0) is 13.8 Å². The minimum Gasteiger partial charge on any atom is -0.478 e. The number of hydrogen-bond donors (Lipinski definition) is 2. The second-order valence-corrected chi connectivity index (χ2v) is 4.17. The molecule has 2 aromatic rings. The summed E-state index contributed by atoms with van der Waals surface area (Å²) in [5.41, 5.74) is 0.231. The van der Waals surface area contributed by atoms with Crippen molar-refractivity contribution in [1.82, 2.24) is 4.98 Å². The van der Waals surface area contributed by atoms with Crippen LogP contribution in [0.1, 0.15) is 24.2 Å². The summed E-state index contributed by atoms with van der Waals surface area (Å²) in [4.78, 5) is 15.3. The van der Waals surface area contributed by atoms with Gasteiger partial charge in [-0.1, -0.05) is 24.3 Å². The number of anilines is 1. The Morgan fingerprint density at radius 2 is 1.94 bits per heavy atom. The number of carbonyl (C=O) groups is 1. The van der Waals surface area contributed by atoms with E-state index in [1.165, 1.54) is 6.20 Å². The van der Waals surface area contributed by atoms with Gasteiger partial charge in [0.25, 0.3) is 0 Å². The van der Waals surface area contributed by atoms with E-state index in [1.54, 1.807) is 6.07 Å². The SMILES string of the molecule is CC(C)Nc1ncc(C(=O)O)c2ccccc12. The Labute approximate surface area is 99.3 Å². The van der Waals surface area contributed by atoms with Crippen molar-refractivity contribution in [3.8, 4) is 0 Å². The number of carboxylic acids is 1. The third kappa shape index (κ3) is 2.20. The molecule has 0 radical (unpaired) electrons. The molecule has 0 fully saturated rings. The summed E-state index contributed by atoms with van der Waals surface area (Å²) < 4.78 is 0. The highest BCUT2D eigenvalue weighted by atomic mass is 16.4. The van der Waals surface area contributed by atoms with E-state index >= 15 is 0 Å².